The van der Waals surface area contributed by atoms with Gasteiger partial charge in [0.1, 0.15) is 0 Å². The van der Waals surface area contributed by atoms with Crippen LogP contribution in [0.2, 0.25) is 0 Å². The summed E-state index contributed by atoms with van der Waals surface area (Å²) in [5.41, 5.74) is 7.02. The maximum Gasteiger partial charge on any atom is 0.243 e. The maximum atomic E-state index is 12.5. The number of nitrogens with one attached hydrogen (secondary N) is 1. The molecule has 0 atom stereocenters. The van der Waals surface area contributed by atoms with Gasteiger partial charge in [-0.2, -0.15) is 4.31 Å². The Morgan fingerprint density at radius 1 is 1.38 bits per heavy atom. The summed E-state index contributed by atoms with van der Waals surface area (Å²) in [6.45, 7) is 5.50. The number of hydrogen-bond acceptors (Lipinski definition) is 4. The Morgan fingerprint density at radius 3 is 2.48 bits per heavy atom. The normalized spacial score (nSPS) is 12.0. The van der Waals surface area contributed by atoms with Crippen LogP contribution in [0.5, 0.6) is 0 Å². The van der Waals surface area contributed by atoms with Gasteiger partial charge in [-0.3, -0.25) is 4.79 Å². The highest BCUT2D eigenvalue weighted by atomic mass is 32.2. The monoisotopic (exact) mass is 313 g/mol. The molecule has 1 aromatic rings. The number of nitrogens with two attached hydrogens (primary N) is 1. The predicted molar refractivity (Wildman–Crippen MR) is 82.2 cm³/mol. The maximum absolute atomic E-state index is 12.5. The average Bonchev–Trinajstić information content (AvgIpc) is 2.36. The third-order valence-electron chi connectivity index (χ3n) is 2.98. The minimum Gasteiger partial charge on any atom is -0.353 e. The van der Waals surface area contributed by atoms with Crippen molar-refractivity contribution in [2.45, 2.75) is 38.3 Å². The van der Waals surface area contributed by atoms with Gasteiger partial charge in [-0.05, 0) is 38.0 Å². The van der Waals surface area contributed by atoms with Crippen molar-refractivity contribution in [3.63, 3.8) is 0 Å². The fourth-order valence-corrected chi connectivity index (χ4v) is 3.28. The topological polar surface area (TPSA) is 92.5 Å². The lowest BCUT2D eigenvalue weighted by Gasteiger charge is -2.19. The first-order valence-corrected chi connectivity index (χ1v) is 8.17. The fourth-order valence-electron chi connectivity index (χ4n) is 1.95. The van der Waals surface area contributed by atoms with E-state index in [1.807, 2.05) is 13.8 Å². The van der Waals surface area contributed by atoms with Crippen molar-refractivity contribution in [1.29, 1.82) is 0 Å². The summed E-state index contributed by atoms with van der Waals surface area (Å²) in [5.74, 6) is -0.327. The third-order valence-corrected chi connectivity index (χ3v) is 4.94. The fraction of sp³-hybridized carbons (Fsp3) is 0.500. The van der Waals surface area contributed by atoms with Crippen molar-refractivity contribution < 1.29 is 13.2 Å². The van der Waals surface area contributed by atoms with Crippen LogP contribution in [0.1, 0.15) is 25.0 Å². The zero-order chi connectivity index (χ0) is 16.2. The van der Waals surface area contributed by atoms with Crippen LogP contribution < -0.4 is 11.1 Å². The number of likely N-dealkylation sites (N-methyl/N-ethyl adjacent to an activating group) is 1. The molecule has 0 aliphatic carbocycles. The quantitative estimate of drug-likeness (QED) is 0.804. The molecule has 0 spiro atoms. The molecule has 0 radical (unpaired) electrons. The highest BCUT2D eigenvalue weighted by molar-refractivity contribution is 7.89. The average molecular weight is 313 g/mol. The summed E-state index contributed by atoms with van der Waals surface area (Å²) < 4.78 is 26.0. The molecule has 0 aliphatic rings. The highest BCUT2D eigenvalue weighted by Gasteiger charge is 2.24. The standard InChI is InChI=1S/C14H23N3O3S/c1-10(2)16-14(18)9-17(4)21(19,20)13-6-5-12(8-15)7-11(13)3/h5-7,10H,8-9,15H2,1-4H3,(H,16,18). The Kier molecular flexibility index (Phi) is 5.88. The van der Waals surface area contributed by atoms with E-state index in [9.17, 15) is 13.2 Å². The van der Waals surface area contributed by atoms with Crippen LogP contribution in [0.15, 0.2) is 23.1 Å². The molecule has 21 heavy (non-hydrogen) atoms. The van der Waals surface area contributed by atoms with E-state index in [1.165, 1.54) is 13.1 Å². The van der Waals surface area contributed by atoms with Gasteiger partial charge in [0.2, 0.25) is 15.9 Å². The van der Waals surface area contributed by atoms with Crippen molar-refractivity contribution in [3.05, 3.63) is 29.3 Å². The molecular weight excluding hydrogens is 290 g/mol. The van der Waals surface area contributed by atoms with Crippen LogP contribution in [0.4, 0.5) is 0 Å². The number of hydrogen-bond donors (Lipinski definition) is 2. The van der Waals surface area contributed by atoms with Gasteiger partial charge in [0.05, 0.1) is 11.4 Å². The molecule has 0 saturated carbocycles. The van der Waals surface area contributed by atoms with Gasteiger partial charge in [-0.15, -0.1) is 0 Å². The van der Waals surface area contributed by atoms with Crippen LogP contribution in [0, 0.1) is 6.92 Å². The molecule has 0 fully saturated rings. The lowest BCUT2D eigenvalue weighted by Crippen LogP contribution is -2.40. The molecular formula is C14H23N3O3S. The lowest BCUT2D eigenvalue weighted by atomic mass is 10.1. The molecule has 3 N–H and O–H groups in total. The SMILES string of the molecule is Cc1cc(CN)ccc1S(=O)(=O)N(C)CC(=O)NC(C)C. The Morgan fingerprint density at radius 2 is 2.00 bits per heavy atom. The van der Waals surface area contributed by atoms with Crippen molar-refractivity contribution in [1.82, 2.24) is 9.62 Å². The first-order chi connectivity index (χ1) is 9.68. The summed E-state index contributed by atoms with van der Waals surface area (Å²) in [6.07, 6.45) is 0. The Hall–Kier alpha value is -1.44. The van der Waals surface area contributed by atoms with Gasteiger partial charge in [0.25, 0.3) is 0 Å². The molecule has 0 bridgehead atoms. The third kappa shape index (κ3) is 4.52. The summed E-state index contributed by atoms with van der Waals surface area (Å²) >= 11 is 0. The molecule has 1 rings (SSSR count). The summed E-state index contributed by atoms with van der Waals surface area (Å²) in [6, 6.07) is 4.93. The Bertz CT molecular complexity index is 612. The smallest absolute Gasteiger partial charge is 0.243 e. The number of benzene rings is 1. The minimum atomic E-state index is -3.69. The van der Waals surface area contributed by atoms with E-state index in [-0.39, 0.29) is 23.4 Å². The largest absolute Gasteiger partial charge is 0.353 e. The zero-order valence-corrected chi connectivity index (χ0v) is 13.7. The number of aryl methyl sites for hydroxylation is 1. The number of carbonyl (C=O) groups is 1. The number of sulfonamides is 1. The van der Waals surface area contributed by atoms with Gasteiger partial charge in [-0.1, -0.05) is 12.1 Å². The highest BCUT2D eigenvalue weighted by Crippen LogP contribution is 2.20. The Balaban J connectivity index is 2.97. The molecule has 118 valence electrons. The minimum absolute atomic E-state index is 0.0285. The van der Waals surface area contributed by atoms with E-state index in [2.05, 4.69) is 5.32 Å². The van der Waals surface area contributed by atoms with Crippen LogP contribution in [0.25, 0.3) is 0 Å². The van der Waals surface area contributed by atoms with Crippen LogP contribution in [0.3, 0.4) is 0 Å². The van der Waals surface area contributed by atoms with Gasteiger partial charge in [-0.25, -0.2) is 8.42 Å². The van der Waals surface area contributed by atoms with Gasteiger partial charge >= 0.3 is 0 Å². The zero-order valence-electron chi connectivity index (χ0n) is 12.9. The van der Waals surface area contributed by atoms with Crippen LogP contribution in [-0.4, -0.2) is 38.3 Å². The first-order valence-electron chi connectivity index (χ1n) is 6.73. The molecule has 0 aliphatic heterocycles. The second kappa shape index (κ2) is 7.02. The van der Waals surface area contributed by atoms with Gasteiger partial charge < -0.3 is 11.1 Å². The lowest BCUT2D eigenvalue weighted by molar-refractivity contribution is -0.121. The number of amides is 1. The number of rotatable bonds is 6. The van der Waals surface area contributed by atoms with E-state index in [1.54, 1.807) is 19.1 Å². The molecule has 7 heteroatoms. The molecule has 1 aromatic carbocycles. The summed E-state index contributed by atoms with van der Waals surface area (Å²) in [7, 11) is -2.30. The van der Waals surface area contributed by atoms with Crippen molar-refractivity contribution in [2.75, 3.05) is 13.6 Å². The number of nitrogens with zero attached hydrogens (tertiary/aromatic N) is 1. The van der Waals surface area contributed by atoms with E-state index in [0.717, 1.165) is 9.87 Å². The second-order valence-corrected chi connectivity index (χ2v) is 7.30. The second-order valence-electron chi connectivity index (χ2n) is 5.29. The summed E-state index contributed by atoms with van der Waals surface area (Å²) in [5, 5.41) is 2.67. The Labute approximate surface area is 126 Å². The van der Waals surface area contributed by atoms with Crippen molar-refractivity contribution >= 4 is 15.9 Å². The van der Waals surface area contributed by atoms with E-state index in [4.69, 9.17) is 5.73 Å². The van der Waals surface area contributed by atoms with Crippen LogP contribution >= 0.6 is 0 Å². The molecule has 0 aromatic heterocycles. The molecule has 0 unspecified atom stereocenters. The van der Waals surface area contributed by atoms with Crippen molar-refractivity contribution in [2.24, 2.45) is 5.73 Å². The molecule has 0 saturated heterocycles. The summed E-state index contributed by atoms with van der Waals surface area (Å²) in [4.78, 5) is 11.9. The van der Waals surface area contributed by atoms with Crippen molar-refractivity contribution in [3.8, 4) is 0 Å². The van der Waals surface area contributed by atoms with E-state index >= 15 is 0 Å². The van der Waals surface area contributed by atoms with Crippen LogP contribution in [-0.2, 0) is 21.4 Å². The van der Waals surface area contributed by atoms with E-state index in [0.29, 0.717) is 12.1 Å². The van der Waals surface area contributed by atoms with Gasteiger partial charge in [0.15, 0.2) is 0 Å². The molecule has 0 heterocycles. The van der Waals surface area contributed by atoms with E-state index < -0.39 is 10.0 Å². The molecule has 6 nitrogen and oxygen atoms in total. The molecule has 1 amide bonds. The van der Waals surface area contributed by atoms with Gasteiger partial charge in [0, 0.05) is 19.6 Å². The number of carbonyl (C=O) groups excluding carboxylic acids is 1. The first kappa shape index (κ1) is 17.6. The predicted octanol–water partition coefficient (Wildman–Crippen LogP) is 0.599.